The summed E-state index contributed by atoms with van der Waals surface area (Å²) in [4.78, 5) is 44.7. The second kappa shape index (κ2) is 8.95. The third-order valence-electron chi connectivity index (χ3n) is 4.34. The molecule has 0 radical (unpaired) electrons. The number of anilines is 2. The first kappa shape index (κ1) is 19.9. The van der Waals surface area contributed by atoms with Crippen molar-refractivity contribution in [3.05, 3.63) is 77.2 Å². The molecule has 0 aliphatic carbocycles. The van der Waals surface area contributed by atoms with Gasteiger partial charge in [-0.3, -0.25) is 14.6 Å². The van der Waals surface area contributed by atoms with Crippen molar-refractivity contribution in [2.75, 3.05) is 10.6 Å². The monoisotopic (exact) mass is 417 g/mol. The number of ether oxygens (including phenoxy) is 1. The number of para-hydroxylation sites is 1. The van der Waals surface area contributed by atoms with Crippen LogP contribution in [0.1, 0.15) is 12.8 Å². The Hall–Kier alpha value is -4.40. The van der Waals surface area contributed by atoms with Gasteiger partial charge in [0.05, 0.1) is 5.52 Å². The van der Waals surface area contributed by atoms with Gasteiger partial charge in [0.15, 0.2) is 5.65 Å². The maximum atomic E-state index is 12.1. The number of aromatic nitrogens is 3. The number of nitrogens with one attached hydrogen (secondary N) is 4. The van der Waals surface area contributed by atoms with Gasteiger partial charge in [0.25, 0.3) is 0 Å². The number of nitrogens with zero attached hydrogens (tertiary/aromatic N) is 1. The molecular formula is C22H19N5O4. The van der Waals surface area contributed by atoms with Crippen LogP contribution >= 0.6 is 0 Å². The van der Waals surface area contributed by atoms with Crippen LogP contribution in [0.15, 0.2) is 71.5 Å². The summed E-state index contributed by atoms with van der Waals surface area (Å²) in [5, 5.41) is 5.36. The van der Waals surface area contributed by atoms with E-state index in [1.165, 1.54) is 0 Å². The average Bonchev–Trinajstić information content (AvgIpc) is 3.14. The quantitative estimate of drug-likeness (QED) is 0.366. The molecule has 0 atom stereocenters. The number of rotatable bonds is 7. The van der Waals surface area contributed by atoms with Crippen LogP contribution < -0.4 is 21.1 Å². The lowest BCUT2D eigenvalue weighted by Crippen LogP contribution is -2.17. The van der Waals surface area contributed by atoms with Gasteiger partial charge in [-0.15, -0.1) is 0 Å². The normalized spacial score (nSPS) is 10.6. The minimum Gasteiger partial charge on any atom is -0.457 e. The molecule has 0 bridgehead atoms. The minimum atomic E-state index is -0.373. The smallest absolute Gasteiger partial charge is 0.325 e. The Bertz CT molecular complexity index is 1260. The van der Waals surface area contributed by atoms with E-state index in [1.807, 2.05) is 30.3 Å². The Morgan fingerprint density at radius 3 is 2.23 bits per heavy atom. The van der Waals surface area contributed by atoms with Gasteiger partial charge in [0, 0.05) is 18.5 Å². The number of carbonyl (C=O) groups is 2. The Labute approximate surface area is 176 Å². The topological polar surface area (TPSA) is 129 Å². The van der Waals surface area contributed by atoms with Gasteiger partial charge in [-0.25, -0.2) is 9.78 Å². The van der Waals surface area contributed by atoms with Crippen LogP contribution in [0.5, 0.6) is 11.5 Å². The van der Waals surface area contributed by atoms with E-state index in [2.05, 4.69) is 25.6 Å². The molecule has 9 heteroatoms. The van der Waals surface area contributed by atoms with E-state index in [-0.39, 0.29) is 30.3 Å². The number of amides is 2. The van der Waals surface area contributed by atoms with Crippen LogP contribution in [-0.4, -0.2) is 26.8 Å². The maximum Gasteiger partial charge on any atom is 0.325 e. The molecule has 0 spiro atoms. The molecule has 4 rings (SSSR count). The molecule has 0 unspecified atom stereocenters. The molecule has 2 aromatic heterocycles. The van der Waals surface area contributed by atoms with Crippen molar-refractivity contribution in [3.8, 4) is 11.5 Å². The number of hydrogen-bond acceptors (Lipinski definition) is 5. The van der Waals surface area contributed by atoms with Gasteiger partial charge >= 0.3 is 5.69 Å². The zero-order valence-corrected chi connectivity index (χ0v) is 16.3. The van der Waals surface area contributed by atoms with Gasteiger partial charge < -0.3 is 20.4 Å². The van der Waals surface area contributed by atoms with Crippen LogP contribution in [0.2, 0.25) is 0 Å². The van der Waals surface area contributed by atoms with Crippen molar-refractivity contribution in [3.63, 3.8) is 0 Å². The average molecular weight is 417 g/mol. The fraction of sp³-hybridized carbons (Fsp3) is 0.0909. The molecule has 2 amide bonds. The predicted octanol–water partition coefficient (Wildman–Crippen LogP) is 3.40. The van der Waals surface area contributed by atoms with E-state index < -0.39 is 0 Å². The van der Waals surface area contributed by atoms with Crippen molar-refractivity contribution in [2.24, 2.45) is 0 Å². The third-order valence-corrected chi connectivity index (χ3v) is 4.34. The molecule has 0 saturated heterocycles. The van der Waals surface area contributed by atoms with Gasteiger partial charge in [-0.2, -0.15) is 0 Å². The van der Waals surface area contributed by atoms with E-state index in [9.17, 15) is 14.4 Å². The first-order valence-corrected chi connectivity index (χ1v) is 9.57. The number of pyridine rings is 1. The van der Waals surface area contributed by atoms with Gasteiger partial charge in [-0.05, 0) is 48.5 Å². The van der Waals surface area contributed by atoms with Crippen LogP contribution in [0, 0.1) is 0 Å². The lowest BCUT2D eigenvalue weighted by Gasteiger charge is -2.08. The standard InChI is InChI=1S/C22H19N5O4/c28-19(23-14-6-8-16(9-7-14)31-15-4-2-1-3-5-15)12-13-20(29)25-18-11-10-17-21(26-18)27-22(30)24-17/h1-11H,12-13H2,(H,23,28)(H3,24,25,26,27,29,30). The molecule has 2 aromatic carbocycles. The van der Waals surface area contributed by atoms with E-state index in [0.29, 0.717) is 28.4 Å². The number of H-pyrrole nitrogens is 2. The molecule has 4 aromatic rings. The largest absolute Gasteiger partial charge is 0.457 e. The lowest BCUT2D eigenvalue weighted by atomic mass is 10.2. The van der Waals surface area contributed by atoms with Crippen molar-refractivity contribution >= 4 is 34.5 Å². The predicted molar refractivity (Wildman–Crippen MR) is 116 cm³/mol. The van der Waals surface area contributed by atoms with Gasteiger partial charge in [0.2, 0.25) is 11.8 Å². The van der Waals surface area contributed by atoms with Crippen LogP contribution in [0.25, 0.3) is 11.2 Å². The fourth-order valence-electron chi connectivity index (χ4n) is 2.87. The van der Waals surface area contributed by atoms with Crippen molar-refractivity contribution in [1.82, 2.24) is 15.0 Å². The number of imidazole rings is 1. The lowest BCUT2D eigenvalue weighted by molar-refractivity contribution is -0.121. The maximum absolute atomic E-state index is 12.1. The molecular weight excluding hydrogens is 398 g/mol. The summed E-state index contributed by atoms with van der Waals surface area (Å²) in [6.45, 7) is 0. The van der Waals surface area contributed by atoms with E-state index in [0.717, 1.165) is 5.75 Å². The SMILES string of the molecule is O=C(CCC(=O)Nc1ccc2[nH]c(=O)[nH]c2n1)Nc1ccc(Oc2ccccc2)cc1. The highest BCUT2D eigenvalue weighted by Crippen LogP contribution is 2.22. The molecule has 9 nitrogen and oxygen atoms in total. The zero-order chi connectivity index (χ0) is 21.6. The third kappa shape index (κ3) is 5.36. The zero-order valence-electron chi connectivity index (χ0n) is 16.3. The highest BCUT2D eigenvalue weighted by atomic mass is 16.5. The Kier molecular flexibility index (Phi) is 5.75. The van der Waals surface area contributed by atoms with E-state index >= 15 is 0 Å². The molecule has 0 aliphatic heterocycles. The van der Waals surface area contributed by atoms with Gasteiger partial charge in [0.1, 0.15) is 17.3 Å². The molecule has 2 heterocycles. The van der Waals surface area contributed by atoms with Crippen molar-refractivity contribution in [2.45, 2.75) is 12.8 Å². The highest BCUT2D eigenvalue weighted by molar-refractivity contribution is 5.96. The Balaban J connectivity index is 1.25. The number of benzene rings is 2. The molecule has 156 valence electrons. The molecule has 0 fully saturated rings. The fourth-order valence-corrected chi connectivity index (χ4v) is 2.87. The molecule has 0 saturated carbocycles. The van der Waals surface area contributed by atoms with Gasteiger partial charge in [-0.1, -0.05) is 18.2 Å². The summed E-state index contributed by atoms with van der Waals surface area (Å²) < 4.78 is 5.71. The van der Waals surface area contributed by atoms with Crippen LogP contribution in [0.3, 0.4) is 0 Å². The number of aromatic amines is 2. The summed E-state index contributed by atoms with van der Waals surface area (Å²) in [6.07, 6.45) is 0.00173. The van der Waals surface area contributed by atoms with E-state index in [1.54, 1.807) is 36.4 Å². The second-order valence-corrected chi connectivity index (χ2v) is 6.71. The van der Waals surface area contributed by atoms with Crippen molar-refractivity contribution in [1.29, 1.82) is 0 Å². The number of carbonyl (C=O) groups excluding carboxylic acids is 2. The molecule has 0 aliphatic rings. The minimum absolute atomic E-state index is 0.00951. The second-order valence-electron chi connectivity index (χ2n) is 6.71. The number of fused-ring (bicyclic) bond motifs is 1. The highest BCUT2D eigenvalue weighted by Gasteiger charge is 2.10. The molecule has 31 heavy (non-hydrogen) atoms. The summed E-state index contributed by atoms with van der Waals surface area (Å²) in [7, 11) is 0. The van der Waals surface area contributed by atoms with Crippen molar-refractivity contribution < 1.29 is 14.3 Å². The first-order chi connectivity index (χ1) is 15.0. The summed E-state index contributed by atoms with van der Waals surface area (Å²) in [5.74, 6) is 1.03. The summed E-state index contributed by atoms with van der Waals surface area (Å²) >= 11 is 0. The summed E-state index contributed by atoms with van der Waals surface area (Å²) in [6, 6.07) is 19.6. The molecule has 4 N–H and O–H groups in total. The summed E-state index contributed by atoms with van der Waals surface area (Å²) in [5.41, 5.74) is 1.12. The Morgan fingerprint density at radius 1 is 0.806 bits per heavy atom. The number of hydrogen-bond donors (Lipinski definition) is 4. The Morgan fingerprint density at radius 2 is 1.48 bits per heavy atom. The van der Waals surface area contributed by atoms with Crippen LogP contribution in [-0.2, 0) is 9.59 Å². The van der Waals surface area contributed by atoms with Crippen LogP contribution in [0.4, 0.5) is 11.5 Å². The first-order valence-electron chi connectivity index (χ1n) is 9.57. The van der Waals surface area contributed by atoms with E-state index in [4.69, 9.17) is 4.74 Å².